The highest BCUT2D eigenvalue weighted by atomic mass is 19.1. The molecular weight excluding hydrogens is 411 g/mol. The normalized spacial score (nSPS) is 16.5. The highest BCUT2D eigenvalue weighted by Gasteiger charge is 2.30. The quantitative estimate of drug-likeness (QED) is 0.517. The number of hydrogen-bond acceptors (Lipinski definition) is 3. The second-order valence-corrected chi connectivity index (χ2v) is 8.39. The zero-order valence-electron chi connectivity index (χ0n) is 18.0. The Balaban J connectivity index is 1.53. The number of aromatic hydroxyl groups is 1. The lowest BCUT2D eigenvalue weighted by Crippen LogP contribution is -2.39. The van der Waals surface area contributed by atoms with Crippen molar-refractivity contribution in [1.29, 1.82) is 0 Å². The van der Waals surface area contributed by atoms with Gasteiger partial charge in [0.25, 0.3) is 0 Å². The summed E-state index contributed by atoms with van der Waals surface area (Å²) in [5.74, 6) is -1.12. The summed E-state index contributed by atoms with van der Waals surface area (Å²) in [6.07, 6.45) is 3.21. The van der Waals surface area contributed by atoms with Gasteiger partial charge < -0.3 is 20.1 Å². The summed E-state index contributed by atoms with van der Waals surface area (Å²) in [7, 11) is 0. The van der Waals surface area contributed by atoms with Crippen LogP contribution in [0.1, 0.15) is 49.0 Å². The number of carbonyl (C=O) groups is 2. The molecule has 1 aromatic heterocycles. The number of phenolic OH excluding ortho intramolecular Hbond substituents is 1. The van der Waals surface area contributed by atoms with Gasteiger partial charge in [0, 0.05) is 29.1 Å². The zero-order valence-corrected chi connectivity index (χ0v) is 18.0. The topological polar surface area (TPSA) is 91.6 Å². The second kappa shape index (κ2) is 9.02. The maximum absolute atomic E-state index is 14.0. The molecule has 0 spiro atoms. The molecule has 1 unspecified atom stereocenters. The molecule has 4 rings (SSSR count). The Bertz CT molecular complexity index is 1150. The predicted octanol–water partition coefficient (Wildman–Crippen LogP) is 4.13. The number of aliphatic carboxylic acids is 1. The van der Waals surface area contributed by atoms with Crippen molar-refractivity contribution >= 4 is 22.8 Å². The third-order valence-electron chi connectivity index (χ3n) is 6.29. The molecule has 7 heteroatoms. The van der Waals surface area contributed by atoms with Crippen molar-refractivity contribution in [2.45, 2.75) is 57.5 Å². The van der Waals surface area contributed by atoms with Gasteiger partial charge in [0.1, 0.15) is 17.6 Å². The van der Waals surface area contributed by atoms with Gasteiger partial charge >= 0.3 is 5.97 Å². The number of amides is 1. The molecular formula is C25H27FN2O4. The molecule has 168 valence electrons. The monoisotopic (exact) mass is 438 g/mol. The van der Waals surface area contributed by atoms with E-state index in [1.165, 1.54) is 12.1 Å². The third kappa shape index (κ3) is 4.33. The molecule has 0 fully saturated rings. The number of rotatable bonds is 7. The van der Waals surface area contributed by atoms with Crippen molar-refractivity contribution in [1.82, 2.24) is 9.88 Å². The zero-order chi connectivity index (χ0) is 22.8. The summed E-state index contributed by atoms with van der Waals surface area (Å²) in [4.78, 5) is 24.4. The Morgan fingerprint density at radius 2 is 1.97 bits per heavy atom. The standard InChI is InChI=1S/C25H27FN2O4/c1-2-21(25(31)32)28-22-10-6-16(26)13-19(22)20-14-17(7-11-23(20)28)27-24(30)12-5-15-3-8-18(29)9-4-15/h3-4,6,8-10,13,17,21,29H,2,5,7,11-12,14H2,1H3,(H,27,30)(H,31,32)/t17-,21?/m0/s1. The highest BCUT2D eigenvalue weighted by Crippen LogP contribution is 2.36. The van der Waals surface area contributed by atoms with Gasteiger partial charge in [-0.05, 0) is 73.6 Å². The van der Waals surface area contributed by atoms with Crippen LogP contribution in [0.5, 0.6) is 5.75 Å². The van der Waals surface area contributed by atoms with Crippen LogP contribution in [0, 0.1) is 5.82 Å². The van der Waals surface area contributed by atoms with Crippen LogP contribution in [0.15, 0.2) is 42.5 Å². The van der Waals surface area contributed by atoms with Gasteiger partial charge in [-0.15, -0.1) is 0 Å². The number of fused-ring (bicyclic) bond motifs is 3. The average Bonchev–Trinajstić information content (AvgIpc) is 3.07. The first-order valence-electron chi connectivity index (χ1n) is 11.0. The van der Waals surface area contributed by atoms with Gasteiger partial charge in [0.15, 0.2) is 0 Å². The first-order valence-corrected chi connectivity index (χ1v) is 11.0. The maximum Gasteiger partial charge on any atom is 0.326 e. The van der Waals surface area contributed by atoms with Gasteiger partial charge in [-0.1, -0.05) is 19.1 Å². The Morgan fingerprint density at radius 1 is 1.22 bits per heavy atom. The summed E-state index contributed by atoms with van der Waals surface area (Å²) in [5.41, 5.74) is 3.55. The first kappa shape index (κ1) is 21.9. The van der Waals surface area contributed by atoms with E-state index in [9.17, 15) is 24.2 Å². The minimum absolute atomic E-state index is 0.0570. The van der Waals surface area contributed by atoms with Crippen molar-refractivity contribution in [2.24, 2.45) is 0 Å². The van der Waals surface area contributed by atoms with Crippen LogP contribution in [0.25, 0.3) is 10.9 Å². The van der Waals surface area contributed by atoms with Crippen LogP contribution in [0.3, 0.4) is 0 Å². The Kier molecular flexibility index (Phi) is 6.17. The van der Waals surface area contributed by atoms with Crippen LogP contribution in [0.2, 0.25) is 0 Å². The molecule has 1 aliphatic rings. The number of carboxylic acid groups (broad SMARTS) is 1. The predicted molar refractivity (Wildman–Crippen MR) is 119 cm³/mol. The molecule has 2 aromatic carbocycles. The number of nitrogens with one attached hydrogen (secondary N) is 1. The molecule has 0 radical (unpaired) electrons. The fraction of sp³-hybridized carbons (Fsp3) is 0.360. The van der Waals surface area contributed by atoms with E-state index in [0.29, 0.717) is 38.5 Å². The van der Waals surface area contributed by atoms with E-state index in [0.717, 1.165) is 27.7 Å². The molecule has 0 saturated carbocycles. The van der Waals surface area contributed by atoms with Gasteiger partial charge in [0.05, 0.1) is 0 Å². The van der Waals surface area contributed by atoms with E-state index >= 15 is 0 Å². The first-order chi connectivity index (χ1) is 15.4. The van der Waals surface area contributed by atoms with Gasteiger partial charge in [-0.25, -0.2) is 9.18 Å². The largest absolute Gasteiger partial charge is 0.508 e. The van der Waals surface area contributed by atoms with Gasteiger partial charge in [0.2, 0.25) is 5.91 Å². The fourth-order valence-corrected chi connectivity index (χ4v) is 4.73. The maximum atomic E-state index is 14.0. The van der Waals surface area contributed by atoms with E-state index in [1.807, 2.05) is 11.5 Å². The average molecular weight is 438 g/mol. The number of phenols is 1. The summed E-state index contributed by atoms with van der Waals surface area (Å²) < 4.78 is 15.9. The van der Waals surface area contributed by atoms with Crippen molar-refractivity contribution < 1.29 is 24.2 Å². The molecule has 2 atom stereocenters. The summed E-state index contributed by atoms with van der Waals surface area (Å²) in [6.45, 7) is 1.83. The molecule has 1 aliphatic carbocycles. The number of nitrogens with zero attached hydrogens (tertiary/aromatic N) is 1. The number of halogens is 1. The lowest BCUT2D eigenvalue weighted by atomic mass is 9.91. The van der Waals surface area contributed by atoms with E-state index in [-0.39, 0.29) is 23.5 Å². The summed E-state index contributed by atoms with van der Waals surface area (Å²) >= 11 is 0. The lowest BCUT2D eigenvalue weighted by Gasteiger charge is -2.26. The third-order valence-corrected chi connectivity index (χ3v) is 6.29. The summed E-state index contributed by atoms with van der Waals surface area (Å²) in [6, 6.07) is 10.5. The number of benzene rings is 2. The second-order valence-electron chi connectivity index (χ2n) is 8.39. The molecule has 3 N–H and O–H groups in total. The molecule has 0 saturated heterocycles. The molecule has 1 heterocycles. The Morgan fingerprint density at radius 3 is 2.66 bits per heavy atom. The Hall–Kier alpha value is -3.35. The number of aromatic nitrogens is 1. The van der Waals surface area contributed by atoms with Gasteiger partial charge in [-0.3, -0.25) is 4.79 Å². The molecule has 0 bridgehead atoms. The van der Waals surface area contributed by atoms with Crippen molar-refractivity contribution in [2.75, 3.05) is 0 Å². The fourth-order valence-electron chi connectivity index (χ4n) is 4.73. The van der Waals surface area contributed by atoms with Crippen LogP contribution in [0.4, 0.5) is 4.39 Å². The SMILES string of the molecule is CCC(C(=O)O)n1c2c(c3cc(F)ccc31)C[C@@H](NC(=O)CCc1ccc(O)cc1)CC2. The summed E-state index contributed by atoms with van der Waals surface area (Å²) in [5, 5.41) is 22.9. The van der Waals surface area contributed by atoms with Crippen LogP contribution < -0.4 is 5.32 Å². The van der Waals surface area contributed by atoms with Crippen LogP contribution in [-0.4, -0.2) is 32.7 Å². The molecule has 3 aromatic rings. The van der Waals surface area contributed by atoms with E-state index < -0.39 is 12.0 Å². The highest BCUT2D eigenvalue weighted by molar-refractivity contribution is 5.88. The van der Waals surface area contributed by atoms with Crippen molar-refractivity contribution in [3.63, 3.8) is 0 Å². The molecule has 0 aliphatic heterocycles. The smallest absolute Gasteiger partial charge is 0.326 e. The van der Waals surface area contributed by atoms with E-state index in [1.54, 1.807) is 30.3 Å². The van der Waals surface area contributed by atoms with Crippen LogP contribution in [-0.2, 0) is 28.9 Å². The van der Waals surface area contributed by atoms with Crippen LogP contribution >= 0.6 is 0 Å². The van der Waals surface area contributed by atoms with Crippen molar-refractivity contribution in [3.8, 4) is 5.75 Å². The van der Waals surface area contributed by atoms with Crippen molar-refractivity contribution in [3.05, 3.63) is 65.1 Å². The van der Waals surface area contributed by atoms with Gasteiger partial charge in [-0.2, -0.15) is 0 Å². The minimum Gasteiger partial charge on any atom is -0.508 e. The molecule has 32 heavy (non-hydrogen) atoms. The molecule has 6 nitrogen and oxygen atoms in total. The number of hydrogen-bond donors (Lipinski definition) is 3. The van der Waals surface area contributed by atoms with E-state index in [2.05, 4.69) is 5.32 Å². The number of carbonyl (C=O) groups excluding carboxylic acids is 1. The Labute approximate surface area is 185 Å². The minimum atomic E-state index is -0.902. The number of carboxylic acids is 1. The number of aryl methyl sites for hydroxylation is 1. The lowest BCUT2D eigenvalue weighted by molar-refractivity contribution is -0.141. The van der Waals surface area contributed by atoms with E-state index in [4.69, 9.17) is 0 Å². The molecule has 1 amide bonds.